The number of halogens is 3. The lowest BCUT2D eigenvalue weighted by molar-refractivity contribution is 0.0692. The van der Waals surface area contributed by atoms with E-state index >= 15 is 0 Å². The maximum Gasteiger partial charge on any atom is 0.349 e. The normalized spacial score (nSPS) is 13.4. The Balaban J connectivity index is 3.70. The summed E-state index contributed by atoms with van der Waals surface area (Å²) in [4.78, 5) is 10.8. The number of rotatable bonds is 4. The average Bonchev–Trinajstić information content (AvgIpc) is 2.25. The van der Waals surface area contributed by atoms with Crippen molar-refractivity contribution < 1.29 is 22.9 Å². The van der Waals surface area contributed by atoms with Crippen LogP contribution >= 0.6 is 11.6 Å². The summed E-state index contributed by atoms with van der Waals surface area (Å²) in [6.07, 6.45) is 1.39. The molecule has 0 spiro atoms. The molecule has 3 nitrogen and oxygen atoms in total. The van der Waals surface area contributed by atoms with Gasteiger partial charge >= 0.3 is 11.4 Å². The molecule has 0 aliphatic carbocycles. The molecule has 0 heterocycles. The maximum absolute atomic E-state index is 13.2. The molecule has 0 radical (unpaired) electrons. The first-order valence-corrected chi connectivity index (χ1v) is 6.93. The number of benzene rings is 1. The Morgan fingerprint density at radius 3 is 2.39 bits per heavy atom. The van der Waals surface area contributed by atoms with Crippen LogP contribution in [0.3, 0.4) is 0 Å². The van der Waals surface area contributed by atoms with Crippen LogP contribution in [0.25, 0.3) is 0 Å². The molecular weight excluding hydrogens is 286 g/mol. The number of hydrogen-bond acceptors (Lipinski definition) is 2. The first kappa shape index (κ1) is 15.0. The highest BCUT2D eigenvalue weighted by Gasteiger charge is 2.34. The van der Waals surface area contributed by atoms with Crippen LogP contribution in [0.4, 0.5) is 8.78 Å². The van der Waals surface area contributed by atoms with Gasteiger partial charge in [0.15, 0.2) is 0 Å². The SMILES string of the molecule is CCc1c(C(=O)O)ccc(C(F)(F)Cl)c1[S@@](C)=O. The minimum Gasteiger partial charge on any atom is -0.478 e. The van der Waals surface area contributed by atoms with Crippen LogP contribution in [-0.4, -0.2) is 21.5 Å². The number of hydrogen-bond donors (Lipinski definition) is 1. The van der Waals surface area contributed by atoms with Gasteiger partial charge in [-0.05, 0) is 35.7 Å². The summed E-state index contributed by atoms with van der Waals surface area (Å²) in [6, 6.07) is 1.97. The molecule has 1 N–H and O–H groups in total. The highest BCUT2D eigenvalue weighted by atomic mass is 35.5. The van der Waals surface area contributed by atoms with Gasteiger partial charge in [0.2, 0.25) is 0 Å². The molecule has 0 aliphatic heterocycles. The molecule has 0 unspecified atom stereocenters. The molecule has 7 heteroatoms. The topological polar surface area (TPSA) is 54.4 Å². The maximum atomic E-state index is 13.2. The molecule has 100 valence electrons. The van der Waals surface area contributed by atoms with Gasteiger partial charge in [0, 0.05) is 6.26 Å². The lowest BCUT2D eigenvalue weighted by atomic mass is 10.0. The Bertz CT molecular complexity index is 512. The minimum atomic E-state index is -3.68. The van der Waals surface area contributed by atoms with Gasteiger partial charge in [0.1, 0.15) is 0 Å². The van der Waals surface area contributed by atoms with Gasteiger partial charge in [-0.2, -0.15) is 8.78 Å². The van der Waals surface area contributed by atoms with E-state index in [0.29, 0.717) is 0 Å². The quantitative estimate of drug-likeness (QED) is 0.869. The largest absolute Gasteiger partial charge is 0.478 e. The van der Waals surface area contributed by atoms with E-state index in [1.54, 1.807) is 6.92 Å². The van der Waals surface area contributed by atoms with Crippen molar-refractivity contribution in [2.24, 2.45) is 0 Å². The smallest absolute Gasteiger partial charge is 0.349 e. The Morgan fingerprint density at radius 2 is 2.06 bits per heavy atom. The fraction of sp³-hybridized carbons (Fsp3) is 0.364. The Kier molecular flexibility index (Phi) is 4.45. The first-order valence-electron chi connectivity index (χ1n) is 5.00. The highest BCUT2D eigenvalue weighted by Crippen LogP contribution is 2.38. The molecule has 0 saturated carbocycles. The molecule has 1 aromatic rings. The second kappa shape index (κ2) is 5.32. The fourth-order valence-electron chi connectivity index (χ4n) is 1.73. The van der Waals surface area contributed by atoms with Gasteiger partial charge in [0.25, 0.3) is 0 Å². The number of carboxylic acids is 1. The zero-order chi connectivity index (χ0) is 14.1. The highest BCUT2D eigenvalue weighted by molar-refractivity contribution is 7.84. The van der Waals surface area contributed by atoms with Gasteiger partial charge in [0.05, 0.1) is 26.8 Å². The van der Waals surface area contributed by atoms with Crippen molar-refractivity contribution in [2.75, 3.05) is 6.26 Å². The predicted molar refractivity (Wildman–Crippen MR) is 64.9 cm³/mol. The van der Waals surface area contributed by atoms with E-state index in [2.05, 4.69) is 0 Å². The number of carbonyl (C=O) groups is 1. The van der Waals surface area contributed by atoms with E-state index in [4.69, 9.17) is 16.7 Å². The van der Waals surface area contributed by atoms with Crippen LogP contribution < -0.4 is 0 Å². The van der Waals surface area contributed by atoms with E-state index in [9.17, 15) is 17.8 Å². The molecule has 0 amide bonds. The van der Waals surface area contributed by atoms with Crippen LogP contribution in [0.1, 0.15) is 28.4 Å². The van der Waals surface area contributed by atoms with Gasteiger partial charge in [-0.25, -0.2) is 4.79 Å². The molecule has 0 saturated heterocycles. The van der Waals surface area contributed by atoms with E-state index < -0.39 is 27.7 Å². The third kappa shape index (κ3) is 2.87. The summed E-state index contributed by atoms with van der Waals surface area (Å²) < 4.78 is 38.0. The summed E-state index contributed by atoms with van der Waals surface area (Å²) in [6.45, 7) is 1.61. The molecule has 18 heavy (non-hydrogen) atoms. The average molecular weight is 297 g/mol. The predicted octanol–water partition coefficient (Wildman–Crippen LogP) is 2.97. The van der Waals surface area contributed by atoms with Crippen molar-refractivity contribution in [2.45, 2.75) is 23.6 Å². The van der Waals surface area contributed by atoms with Crippen molar-refractivity contribution in [3.8, 4) is 0 Å². The van der Waals surface area contributed by atoms with Gasteiger partial charge < -0.3 is 5.11 Å². The lowest BCUT2D eigenvalue weighted by Gasteiger charge is -2.17. The summed E-state index contributed by atoms with van der Waals surface area (Å²) in [5.41, 5.74) is -0.611. The van der Waals surface area contributed by atoms with E-state index in [-0.39, 0.29) is 22.4 Å². The summed E-state index contributed by atoms with van der Waals surface area (Å²) in [5, 5.41) is 5.30. The third-order valence-corrected chi connectivity index (χ3v) is 3.68. The third-order valence-electron chi connectivity index (χ3n) is 2.44. The van der Waals surface area contributed by atoms with Crippen molar-refractivity contribution in [3.05, 3.63) is 28.8 Å². The van der Waals surface area contributed by atoms with Crippen molar-refractivity contribution in [1.29, 1.82) is 0 Å². The number of alkyl halides is 3. The second-order valence-corrected chi connectivity index (χ2v) is 5.37. The summed E-state index contributed by atoms with van der Waals surface area (Å²) in [5.74, 6) is -1.25. The van der Waals surface area contributed by atoms with Crippen molar-refractivity contribution in [3.63, 3.8) is 0 Å². The van der Waals surface area contributed by atoms with E-state index in [1.807, 2.05) is 0 Å². The Labute approximate surface area is 110 Å². The Morgan fingerprint density at radius 1 is 1.50 bits per heavy atom. The van der Waals surface area contributed by atoms with E-state index in [0.717, 1.165) is 12.1 Å². The molecule has 0 fully saturated rings. The van der Waals surface area contributed by atoms with Gasteiger partial charge in [-0.15, -0.1) is 0 Å². The second-order valence-electron chi connectivity index (χ2n) is 3.58. The van der Waals surface area contributed by atoms with Crippen LogP contribution in [0.5, 0.6) is 0 Å². The standard InChI is InChI=1S/C11H11ClF2O3S/c1-3-6-7(10(15)16)4-5-8(11(12,13)14)9(6)18(2)17/h4-5H,3H2,1-2H3,(H,15,16)/t18-/m1/s1. The molecule has 0 bridgehead atoms. The minimum absolute atomic E-state index is 0.126. The molecule has 0 aliphatic rings. The first-order chi connectivity index (χ1) is 8.20. The number of carboxylic acid groups (broad SMARTS) is 1. The molecule has 1 aromatic carbocycles. The van der Waals surface area contributed by atoms with Crippen LogP contribution in [0.2, 0.25) is 0 Å². The fourth-order valence-corrected chi connectivity index (χ4v) is 3.05. The monoisotopic (exact) mass is 296 g/mol. The van der Waals surface area contributed by atoms with Crippen molar-refractivity contribution >= 4 is 28.4 Å². The van der Waals surface area contributed by atoms with Crippen molar-refractivity contribution in [1.82, 2.24) is 0 Å². The van der Waals surface area contributed by atoms with Gasteiger partial charge in [-0.3, -0.25) is 4.21 Å². The summed E-state index contributed by atoms with van der Waals surface area (Å²) >= 11 is 4.95. The Hall–Kier alpha value is -1.01. The molecular formula is C11H11ClF2O3S. The molecule has 1 rings (SSSR count). The zero-order valence-electron chi connectivity index (χ0n) is 9.67. The molecule has 0 aromatic heterocycles. The zero-order valence-corrected chi connectivity index (χ0v) is 11.2. The van der Waals surface area contributed by atoms with Crippen LogP contribution in [0, 0.1) is 0 Å². The van der Waals surface area contributed by atoms with Crippen LogP contribution in [0.15, 0.2) is 17.0 Å². The lowest BCUT2D eigenvalue weighted by Crippen LogP contribution is -2.14. The summed E-state index contributed by atoms with van der Waals surface area (Å²) in [7, 11) is -1.75. The number of aromatic carboxylic acids is 1. The molecule has 1 atom stereocenters. The van der Waals surface area contributed by atoms with E-state index in [1.165, 1.54) is 6.26 Å². The van der Waals surface area contributed by atoms with Crippen LogP contribution in [-0.2, 0) is 22.6 Å². The van der Waals surface area contributed by atoms with Gasteiger partial charge in [-0.1, -0.05) is 6.92 Å².